The van der Waals surface area contributed by atoms with Crippen molar-refractivity contribution in [3.8, 4) is 5.75 Å². The molecule has 0 bridgehead atoms. The summed E-state index contributed by atoms with van der Waals surface area (Å²) in [5.41, 5.74) is 5.93. The van der Waals surface area contributed by atoms with Gasteiger partial charge in [0.2, 0.25) is 0 Å². The maximum atomic E-state index is 10.4. The summed E-state index contributed by atoms with van der Waals surface area (Å²) in [5, 5.41) is 0. The zero-order chi connectivity index (χ0) is 11.0. The van der Waals surface area contributed by atoms with Crippen molar-refractivity contribution in [3.05, 3.63) is 29.8 Å². The molecule has 0 aliphatic rings. The molecule has 3 nitrogen and oxygen atoms in total. The number of carbonyl (C=O) groups excluding carboxylic acids is 1. The zero-order valence-electron chi connectivity index (χ0n) is 8.91. The Morgan fingerprint density at radius 3 is 2.43 bits per heavy atom. The Morgan fingerprint density at radius 1 is 1.36 bits per heavy atom. The molecule has 1 amide bonds. The SMILES string of the molecule is CC.Cc1ccccc1OCC(N)=O. The van der Waals surface area contributed by atoms with Gasteiger partial charge in [0.1, 0.15) is 5.75 Å². The van der Waals surface area contributed by atoms with Crippen molar-refractivity contribution in [2.24, 2.45) is 5.73 Å². The molecule has 78 valence electrons. The van der Waals surface area contributed by atoms with Gasteiger partial charge in [-0.05, 0) is 18.6 Å². The first kappa shape index (κ1) is 12.5. The minimum absolute atomic E-state index is 0.0646. The van der Waals surface area contributed by atoms with Gasteiger partial charge in [-0.1, -0.05) is 32.0 Å². The molecule has 14 heavy (non-hydrogen) atoms. The van der Waals surface area contributed by atoms with Crippen LogP contribution in [0.25, 0.3) is 0 Å². The van der Waals surface area contributed by atoms with Crippen LogP contribution in [0.3, 0.4) is 0 Å². The van der Waals surface area contributed by atoms with E-state index in [1.807, 2.05) is 39.0 Å². The quantitative estimate of drug-likeness (QED) is 0.800. The smallest absolute Gasteiger partial charge is 0.255 e. The molecule has 1 aromatic rings. The van der Waals surface area contributed by atoms with Crippen molar-refractivity contribution in [2.45, 2.75) is 20.8 Å². The van der Waals surface area contributed by atoms with Gasteiger partial charge in [0.15, 0.2) is 6.61 Å². The lowest BCUT2D eigenvalue weighted by Gasteiger charge is -2.05. The van der Waals surface area contributed by atoms with Crippen LogP contribution in [0.2, 0.25) is 0 Å². The van der Waals surface area contributed by atoms with E-state index in [9.17, 15) is 4.79 Å². The standard InChI is InChI=1S/C9H11NO2.C2H6/c1-7-4-2-3-5-8(7)12-6-9(10)11;1-2/h2-5H,6H2,1H3,(H2,10,11);1-2H3. The van der Waals surface area contributed by atoms with Crippen LogP contribution in [0.1, 0.15) is 19.4 Å². The Bertz CT molecular complexity index is 284. The summed E-state index contributed by atoms with van der Waals surface area (Å²) in [5.74, 6) is 0.245. The number of aryl methyl sites for hydroxylation is 1. The summed E-state index contributed by atoms with van der Waals surface area (Å²) in [6, 6.07) is 7.48. The highest BCUT2D eigenvalue weighted by molar-refractivity contribution is 5.75. The van der Waals surface area contributed by atoms with E-state index in [4.69, 9.17) is 10.5 Å². The molecular formula is C11H17NO2. The van der Waals surface area contributed by atoms with Crippen LogP contribution < -0.4 is 10.5 Å². The molecule has 0 aromatic heterocycles. The van der Waals surface area contributed by atoms with Crippen molar-refractivity contribution < 1.29 is 9.53 Å². The van der Waals surface area contributed by atoms with Crippen molar-refractivity contribution in [1.29, 1.82) is 0 Å². The molecule has 0 saturated carbocycles. The average molecular weight is 195 g/mol. The van der Waals surface area contributed by atoms with Crippen molar-refractivity contribution in [3.63, 3.8) is 0 Å². The Labute approximate surface area is 84.9 Å². The predicted molar refractivity (Wildman–Crippen MR) is 57.2 cm³/mol. The maximum absolute atomic E-state index is 10.4. The average Bonchev–Trinajstić information content (AvgIpc) is 2.19. The molecule has 2 N–H and O–H groups in total. The molecular weight excluding hydrogens is 178 g/mol. The van der Waals surface area contributed by atoms with Crippen molar-refractivity contribution in [2.75, 3.05) is 6.61 Å². The van der Waals surface area contributed by atoms with Crippen LogP contribution in [0, 0.1) is 6.92 Å². The van der Waals surface area contributed by atoms with Gasteiger partial charge in [-0.25, -0.2) is 0 Å². The highest BCUT2D eigenvalue weighted by Gasteiger charge is 1.98. The van der Waals surface area contributed by atoms with Crippen molar-refractivity contribution in [1.82, 2.24) is 0 Å². The van der Waals surface area contributed by atoms with Crippen LogP contribution in [0.15, 0.2) is 24.3 Å². The minimum Gasteiger partial charge on any atom is -0.484 e. The third-order valence-electron chi connectivity index (χ3n) is 1.46. The van der Waals surface area contributed by atoms with E-state index in [2.05, 4.69) is 0 Å². The molecule has 0 unspecified atom stereocenters. The van der Waals surface area contributed by atoms with Gasteiger partial charge in [0, 0.05) is 0 Å². The summed E-state index contributed by atoms with van der Waals surface area (Å²) < 4.78 is 5.12. The highest BCUT2D eigenvalue weighted by atomic mass is 16.5. The van der Waals surface area contributed by atoms with Crippen LogP contribution in [-0.2, 0) is 4.79 Å². The molecule has 0 aliphatic heterocycles. The van der Waals surface area contributed by atoms with E-state index in [0.29, 0.717) is 5.75 Å². The van der Waals surface area contributed by atoms with E-state index >= 15 is 0 Å². The fraction of sp³-hybridized carbons (Fsp3) is 0.364. The first-order chi connectivity index (χ1) is 6.70. The third-order valence-corrected chi connectivity index (χ3v) is 1.46. The summed E-state index contributed by atoms with van der Waals surface area (Å²) in [4.78, 5) is 10.4. The number of hydrogen-bond acceptors (Lipinski definition) is 2. The number of nitrogens with two attached hydrogens (primary N) is 1. The Kier molecular flexibility index (Phi) is 6.20. The molecule has 1 rings (SSSR count). The van der Waals surface area contributed by atoms with Gasteiger partial charge >= 0.3 is 0 Å². The first-order valence-electron chi connectivity index (χ1n) is 4.67. The van der Waals surface area contributed by atoms with Gasteiger partial charge in [0.05, 0.1) is 0 Å². The van der Waals surface area contributed by atoms with Crippen molar-refractivity contribution >= 4 is 5.91 Å². The monoisotopic (exact) mass is 195 g/mol. The largest absolute Gasteiger partial charge is 0.484 e. The van der Waals surface area contributed by atoms with E-state index < -0.39 is 5.91 Å². The van der Waals surface area contributed by atoms with Gasteiger partial charge < -0.3 is 10.5 Å². The molecule has 0 aliphatic carbocycles. The predicted octanol–water partition coefficient (Wildman–Crippen LogP) is 1.89. The van der Waals surface area contributed by atoms with Gasteiger partial charge in [-0.2, -0.15) is 0 Å². The van der Waals surface area contributed by atoms with E-state index in [0.717, 1.165) is 5.56 Å². The fourth-order valence-electron chi connectivity index (χ4n) is 0.867. The highest BCUT2D eigenvalue weighted by Crippen LogP contribution is 2.15. The molecule has 0 radical (unpaired) electrons. The number of benzene rings is 1. The van der Waals surface area contributed by atoms with Gasteiger partial charge in [-0.3, -0.25) is 4.79 Å². The second kappa shape index (κ2) is 6.95. The lowest BCUT2D eigenvalue weighted by Crippen LogP contribution is -2.20. The summed E-state index contributed by atoms with van der Waals surface area (Å²) >= 11 is 0. The normalized spacial score (nSPS) is 8.50. The van der Waals surface area contributed by atoms with Gasteiger partial charge in [0.25, 0.3) is 5.91 Å². The molecule has 0 heterocycles. The number of primary amides is 1. The molecule has 3 heteroatoms. The molecule has 0 atom stereocenters. The first-order valence-corrected chi connectivity index (χ1v) is 4.67. The molecule has 1 aromatic carbocycles. The number of carbonyl (C=O) groups is 1. The summed E-state index contributed by atoms with van der Waals surface area (Å²) in [6.07, 6.45) is 0. The topological polar surface area (TPSA) is 52.3 Å². The van der Waals surface area contributed by atoms with Crippen LogP contribution >= 0.6 is 0 Å². The minimum atomic E-state index is -0.460. The molecule has 0 fully saturated rings. The van der Waals surface area contributed by atoms with Crippen LogP contribution in [-0.4, -0.2) is 12.5 Å². The van der Waals surface area contributed by atoms with E-state index in [1.165, 1.54) is 0 Å². The Morgan fingerprint density at radius 2 is 1.93 bits per heavy atom. The van der Waals surface area contributed by atoms with Crippen LogP contribution in [0.5, 0.6) is 5.75 Å². The number of para-hydroxylation sites is 1. The Hall–Kier alpha value is -1.51. The number of rotatable bonds is 3. The number of ether oxygens (including phenoxy) is 1. The lowest BCUT2D eigenvalue weighted by molar-refractivity contribution is -0.119. The zero-order valence-corrected chi connectivity index (χ0v) is 8.91. The maximum Gasteiger partial charge on any atom is 0.255 e. The van der Waals surface area contributed by atoms with Crippen LogP contribution in [0.4, 0.5) is 0 Å². The fourth-order valence-corrected chi connectivity index (χ4v) is 0.867. The van der Waals surface area contributed by atoms with E-state index in [1.54, 1.807) is 6.07 Å². The second-order valence-electron chi connectivity index (χ2n) is 2.52. The summed E-state index contributed by atoms with van der Waals surface area (Å²) in [6.45, 7) is 5.85. The lowest BCUT2D eigenvalue weighted by atomic mass is 10.2. The molecule has 0 spiro atoms. The Balaban J connectivity index is 0.000000791. The number of amides is 1. The summed E-state index contributed by atoms with van der Waals surface area (Å²) in [7, 11) is 0. The second-order valence-corrected chi connectivity index (χ2v) is 2.52. The third kappa shape index (κ3) is 4.50. The number of hydrogen-bond donors (Lipinski definition) is 1. The molecule has 0 saturated heterocycles. The van der Waals surface area contributed by atoms with Gasteiger partial charge in [-0.15, -0.1) is 0 Å². The van der Waals surface area contributed by atoms with E-state index in [-0.39, 0.29) is 6.61 Å².